The number of aryl methyl sites for hydroxylation is 1. The molecule has 0 amide bonds. The van der Waals surface area contributed by atoms with Crippen LogP contribution in [0, 0.1) is 6.92 Å². The Morgan fingerprint density at radius 1 is 1.53 bits per heavy atom. The molecule has 1 atom stereocenters. The summed E-state index contributed by atoms with van der Waals surface area (Å²) in [5.41, 5.74) is 0. The van der Waals surface area contributed by atoms with Crippen LogP contribution in [-0.4, -0.2) is 34.0 Å². The van der Waals surface area contributed by atoms with Crippen LogP contribution in [0.25, 0.3) is 10.2 Å². The summed E-state index contributed by atoms with van der Waals surface area (Å²) in [6.07, 6.45) is 0. The second-order valence-electron chi connectivity index (χ2n) is 3.79. The van der Waals surface area contributed by atoms with Crippen LogP contribution in [-0.2, 0) is 0 Å². The molecule has 0 aliphatic rings. The summed E-state index contributed by atoms with van der Waals surface area (Å²) in [6, 6.07) is 2.10. The van der Waals surface area contributed by atoms with Gasteiger partial charge in [0.25, 0.3) is 0 Å². The number of nitrogens with zero attached hydrogens (tertiary/aromatic N) is 2. The van der Waals surface area contributed by atoms with E-state index in [1.807, 2.05) is 14.0 Å². The van der Waals surface area contributed by atoms with Gasteiger partial charge in [-0.05, 0) is 13.0 Å². The number of fused-ring (bicyclic) bond motifs is 1. The average molecular weight is 269 g/mol. The van der Waals surface area contributed by atoms with E-state index >= 15 is 0 Å². The van der Waals surface area contributed by atoms with Gasteiger partial charge in [0.1, 0.15) is 9.86 Å². The maximum absolute atomic E-state index is 9.12. The van der Waals surface area contributed by atoms with Crippen molar-refractivity contribution in [2.45, 2.75) is 24.1 Å². The van der Waals surface area contributed by atoms with E-state index in [4.69, 9.17) is 5.11 Å². The van der Waals surface area contributed by atoms with Crippen molar-refractivity contribution in [3.63, 3.8) is 0 Å². The molecule has 0 aliphatic carbocycles. The van der Waals surface area contributed by atoms with Gasteiger partial charge < -0.3 is 10.4 Å². The summed E-state index contributed by atoms with van der Waals surface area (Å²) in [6.45, 7) is 4.19. The van der Waals surface area contributed by atoms with Gasteiger partial charge in [0.2, 0.25) is 5.95 Å². The predicted molar refractivity (Wildman–Crippen MR) is 74.1 cm³/mol. The molecule has 6 heteroatoms. The van der Waals surface area contributed by atoms with Crippen LogP contribution < -0.4 is 5.32 Å². The van der Waals surface area contributed by atoms with E-state index in [-0.39, 0.29) is 11.9 Å². The first-order chi connectivity index (χ1) is 8.13. The number of thioether (sulfide) groups is 1. The molecule has 0 radical (unpaired) electrons. The Kier molecular flexibility index (Phi) is 3.86. The normalized spacial score (nSPS) is 12.9. The summed E-state index contributed by atoms with van der Waals surface area (Å²) in [7, 11) is 1.81. The largest absolute Gasteiger partial charge is 0.395 e. The fourth-order valence-corrected chi connectivity index (χ4v) is 3.27. The predicted octanol–water partition coefficient (Wildman–Crippen LogP) is 2.51. The highest BCUT2D eigenvalue weighted by Crippen LogP contribution is 2.33. The second kappa shape index (κ2) is 5.20. The molecule has 4 nitrogen and oxygen atoms in total. The van der Waals surface area contributed by atoms with Crippen molar-refractivity contribution < 1.29 is 5.11 Å². The molecule has 2 rings (SSSR count). The van der Waals surface area contributed by atoms with E-state index in [1.54, 1.807) is 23.1 Å². The molecule has 2 heterocycles. The number of hydrogen-bond donors (Lipinski definition) is 2. The lowest BCUT2D eigenvalue weighted by Crippen LogP contribution is -2.04. The summed E-state index contributed by atoms with van der Waals surface area (Å²) in [5.74, 6) is 0.631. The van der Waals surface area contributed by atoms with Crippen LogP contribution in [0.15, 0.2) is 11.1 Å². The highest BCUT2D eigenvalue weighted by molar-refractivity contribution is 8.00. The topological polar surface area (TPSA) is 58.0 Å². The summed E-state index contributed by atoms with van der Waals surface area (Å²) in [5, 5.41) is 14.2. The molecule has 0 aliphatic heterocycles. The van der Waals surface area contributed by atoms with Crippen molar-refractivity contribution >= 4 is 39.3 Å². The Hall–Kier alpha value is -0.850. The minimum atomic E-state index is 0.137. The quantitative estimate of drug-likeness (QED) is 0.660. The van der Waals surface area contributed by atoms with Crippen LogP contribution in [0.1, 0.15) is 11.8 Å². The number of aliphatic hydroxyl groups excluding tert-OH is 1. The molecule has 0 aromatic carbocycles. The van der Waals surface area contributed by atoms with Gasteiger partial charge in [0.05, 0.1) is 6.61 Å². The van der Waals surface area contributed by atoms with Crippen molar-refractivity contribution in [1.29, 1.82) is 0 Å². The van der Waals surface area contributed by atoms with Crippen molar-refractivity contribution in [3.8, 4) is 0 Å². The van der Waals surface area contributed by atoms with Crippen molar-refractivity contribution in [3.05, 3.63) is 10.9 Å². The molecule has 0 spiro atoms. The molecule has 0 saturated carbocycles. The number of hydrogen-bond acceptors (Lipinski definition) is 6. The SMILES string of the molecule is CNc1nc(SC(C)CO)c2cc(C)sc2n1. The maximum Gasteiger partial charge on any atom is 0.224 e. The summed E-state index contributed by atoms with van der Waals surface area (Å²) >= 11 is 3.25. The first-order valence-electron chi connectivity index (χ1n) is 5.37. The highest BCUT2D eigenvalue weighted by atomic mass is 32.2. The van der Waals surface area contributed by atoms with E-state index in [9.17, 15) is 0 Å². The number of thiophene rings is 1. The lowest BCUT2D eigenvalue weighted by atomic mass is 10.4. The second-order valence-corrected chi connectivity index (χ2v) is 6.45. The lowest BCUT2D eigenvalue weighted by molar-refractivity contribution is 0.300. The number of rotatable bonds is 4. The van der Waals surface area contributed by atoms with Gasteiger partial charge in [0.15, 0.2) is 0 Å². The Labute approximate surface area is 108 Å². The van der Waals surface area contributed by atoms with Crippen LogP contribution >= 0.6 is 23.1 Å². The van der Waals surface area contributed by atoms with Crippen LogP contribution in [0.2, 0.25) is 0 Å². The zero-order chi connectivity index (χ0) is 12.4. The fourth-order valence-electron chi connectivity index (χ4n) is 1.45. The van der Waals surface area contributed by atoms with Crippen LogP contribution in [0.3, 0.4) is 0 Å². The maximum atomic E-state index is 9.12. The van der Waals surface area contributed by atoms with Gasteiger partial charge >= 0.3 is 0 Å². The molecule has 2 N–H and O–H groups in total. The number of aliphatic hydroxyl groups is 1. The van der Waals surface area contributed by atoms with E-state index in [2.05, 4.69) is 28.3 Å². The Morgan fingerprint density at radius 2 is 2.29 bits per heavy atom. The van der Waals surface area contributed by atoms with Gasteiger partial charge in [-0.25, -0.2) is 9.97 Å². The minimum absolute atomic E-state index is 0.137. The van der Waals surface area contributed by atoms with Crippen molar-refractivity contribution in [2.24, 2.45) is 0 Å². The minimum Gasteiger partial charge on any atom is -0.395 e. The van der Waals surface area contributed by atoms with E-state index < -0.39 is 0 Å². The Morgan fingerprint density at radius 3 is 2.94 bits per heavy atom. The third kappa shape index (κ3) is 2.70. The van der Waals surface area contributed by atoms with Crippen LogP contribution in [0.5, 0.6) is 0 Å². The zero-order valence-corrected chi connectivity index (χ0v) is 11.7. The van der Waals surface area contributed by atoms with E-state index in [1.165, 1.54) is 4.88 Å². The first kappa shape index (κ1) is 12.6. The zero-order valence-electron chi connectivity index (χ0n) is 10.0. The Balaban J connectivity index is 2.50. The average Bonchev–Trinajstić information content (AvgIpc) is 2.69. The molecular weight excluding hydrogens is 254 g/mol. The Bertz CT molecular complexity index is 527. The molecule has 92 valence electrons. The van der Waals surface area contributed by atoms with Crippen molar-refractivity contribution in [1.82, 2.24) is 9.97 Å². The summed E-state index contributed by atoms with van der Waals surface area (Å²) < 4.78 is 0. The molecule has 0 bridgehead atoms. The van der Waals surface area contributed by atoms with Gasteiger partial charge in [0, 0.05) is 22.6 Å². The standard InChI is InChI=1S/C11H15N3OS2/c1-6-4-8-9(16-6)13-11(12-3)14-10(8)17-7(2)5-15/h4,7,15H,5H2,1-3H3,(H,12,13,14). The third-order valence-electron chi connectivity index (χ3n) is 2.27. The highest BCUT2D eigenvalue weighted by Gasteiger charge is 2.13. The molecule has 17 heavy (non-hydrogen) atoms. The molecule has 0 saturated heterocycles. The molecule has 2 aromatic heterocycles. The van der Waals surface area contributed by atoms with Gasteiger partial charge in [-0.15, -0.1) is 23.1 Å². The van der Waals surface area contributed by atoms with E-state index in [0.717, 1.165) is 15.2 Å². The lowest BCUT2D eigenvalue weighted by Gasteiger charge is -2.08. The molecule has 1 unspecified atom stereocenters. The first-order valence-corrected chi connectivity index (χ1v) is 7.07. The number of aromatic nitrogens is 2. The molecular formula is C11H15N3OS2. The molecule has 2 aromatic rings. The fraction of sp³-hybridized carbons (Fsp3) is 0.455. The van der Waals surface area contributed by atoms with E-state index in [0.29, 0.717) is 5.95 Å². The monoisotopic (exact) mass is 269 g/mol. The van der Waals surface area contributed by atoms with Crippen molar-refractivity contribution in [2.75, 3.05) is 19.0 Å². The van der Waals surface area contributed by atoms with Gasteiger partial charge in [-0.3, -0.25) is 0 Å². The van der Waals surface area contributed by atoms with Gasteiger partial charge in [-0.2, -0.15) is 0 Å². The molecule has 0 fully saturated rings. The number of nitrogens with one attached hydrogen (secondary N) is 1. The third-order valence-corrected chi connectivity index (χ3v) is 4.30. The van der Waals surface area contributed by atoms with Gasteiger partial charge in [-0.1, -0.05) is 6.92 Å². The smallest absolute Gasteiger partial charge is 0.224 e. The van der Waals surface area contributed by atoms with Crippen LogP contribution in [0.4, 0.5) is 5.95 Å². The number of anilines is 1. The summed E-state index contributed by atoms with van der Waals surface area (Å²) in [4.78, 5) is 11.1.